The third kappa shape index (κ3) is 3.33. The van der Waals surface area contributed by atoms with Gasteiger partial charge in [0.2, 0.25) is 5.16 Å². The van der Waals surface area contributed by atoms with Crippen LogP contribution in [-0.2, 0) is 6.18 Å². The minimum Gasteiger partial charge on any atom is -0.478 e. The number of nitrogen functional groups attached to an aromatic ring is 1. The molecule has 1 aromatic heterocycles. The lowest BCUT2D eigenvalue weighted by Crippen LogP contribution is -2.21. The van der Waals surface area contributed by atoms with Gasteiger partial charge in [-0.15, -0.1) is 10.2 Å². The predicted molar refractivity (Wildman–Crippen MR) is 69.4 cm³/mol. The molecule has 0 spiro atoms. The van der Waals surface area contributed by atoms with Crippen molar-refractivity contribution in [1.29, 1.82) is 0 Å². The summed E-state index contributed by atoms with van der Waals surface area (Å²) >= 11 is 0.487. The number of rotatable bonds is 4. The Bertz CT molecular complexity index is 791. The number of carboxylic acids is 1. The molecule has 2 rings (SSSR count). The second kappa shape index (κ2) is 5.75. The number of nitro groups is 1. The molecular weight excluding hydrogens is 343 g/mol. The second-order valence-electron chi connectivity index (χ2n) is 4.02. The molecule has 0 saturated carbocycles. The van der Waals surface area contributed by atoms with Gasteiger partial charge in [0.05, 0.1) is 10.5 Å². The summed E-state index contributed by atoms with van der Waals surface area (Å²) in [5.41, 5.74) is -0.947. The van der Waals surface area contributed by atoms with E-state index in [0.29, 0.717) is 11.8 Å². The molecule has 0 amide bonds. The van der Waals surface area contributed by atoms with E-state index in [4.69, 9.17) is 10.9 Å². The van der Waals surface area contributed by atoms with Crippen molar-refractivity contribution < 1.29 is 28.0 Å². The molecule has 0 fully saturated rings. The first kappa shape index (κ1) is 16.5. The molecule has 122 valence electrons. The van der Waals surface area contributed by atoms with E-state index in [0.717, 1.165) is 18.2 Å². The Morgan fingerprint density at radius 3 is 2.52 bits per heavy atom. The number of aromatic nitrogens is 3. The lowest BCUT2D eigenvalue weighted by Gasteiger charge is -2.07. The van der Waals surface area contributed by atoms with Crippen LogP contribution in [-0.4, -0.2) is 30.9 Å². The maximum absolute atomic E-state index is 12.6. The predicted octanol–water partition coefficient (Wildman–Crippen LogP) is 1.77. The Kier molecular flexibility index (Phi) is 4.14. The number of alkyl halides is 3. The quantitative estimate of drug-likeness (QED) is 0.484. The van der Waals surface area contributed by atoms with E-state index in [9.17, 15) is 28.1 Å². The third-order valence-electron chi connectivity index (χ3n) is 2.52. The van der Waals surface area contributed by atoms with Gasteiger partial charge in [0.15, 0.2) is 0 Å². The first-order valence-corrected chi connectivity index (χ1v) is 6.40. The molecular formula is C10H6F3N5O4S. The molecule has 1 heterocycles. The molecule has 23 heavy (non-hydrogen) atoms. The molecule has 0 aliphatic rings. The van der Waals surface area contributed by atoms with Gasteiger partial charge in [-0.05, 0) is 17.8 Å². The Morgan fingerprint density at radius 2 is 2.04 bits per heavy atom. The molecule has 0 aliphatic carbocycles. The topological polar surface area (TPSA) is 137 Å². The molecule has 0 aliphatic heterocycles. The van der Waals surface area contributed by atoms with E-state index < -0.39 is 39.3 Å². The number of aromatic carboxylic acids is 1. The van der Waals surface area contributed by atoms with Crippen LogP contribution in [0.15, 0.2) is 28.3 Å². The molecule has 0 radical (unpaired) electrons. The van der Waals surface area contributed by atoms with Crippen LogP contribution >= 0.6 is 11.8 Å². The van der Waals surface area contributed by atoms with Crippen LogP contribution in [0.1, 0.15) is 16.2 Å². The van der Waals surface area contributed by atoms with Crippen LogP contribution in [0.2, 0.25) is 0 Å². The van der Waals surface area contributed by atoms with E-state index in [1.165, 1.54) is 0 Å². The number of halogens is 3. The van der Waals surface area contributed by atoms with Gasteiger partial charge >= 0.3 is 12.1 Å². The number of benzene rings is 1. The van der Waals surface area contributed by atoms with Gasteiger partial charge in [-0.25, -0.2) is 9.47 Å². The molecule has 0 unspecified atom stereocenters. The maximum atomic E-state index is 12.6. The summed E-state index contributed by atoms with van der Waals surface area (Å²) in [5, 5.41) is 25.4. The van der Waals surface area contributed by atoms with Crippen molar-refractivity contribution in [3.8, 4) is 0 Å². The smallest absolute Gasteiger partial charge is 0.453 e. The number of nitrogens with zero attached hydrogens (tertiary/aromatic N) is 4. The molecule has 3 N–H and O–H groups in total. The number of carboxylic acid groups (broad SMARTS) is 1. The maximum Gasteiger partial charge on any atom is 0.453 e. The molecule has 2 aromatic rings. The van der Waals surface area contributed by atoms with Gasteiger partial charge in [-0.3, -0.25) is 10.1 Å². The number of non-ortho nitro benzene ring substituents is 1. The lowest BCUT2D eigenvalue weighted by atomic mass is 10.2. The van der Waals surface area contributed by atoms with Crippen LogP contribution in [0.3, 0.4) is 0 Å². The molecule has 0 saturated heterocycles. The van der Waals surface area contributed by atoms with Crippen LogP contribution in [0.25, 0.3) is 0 Å². The highest BCUT2D eigenvalue weighted by molar-refractivity contribution is 7.99. The molecule has 0 atom stereocenters. The van der Waals surface area contributed by atoms with E-state index in [1.54, 1.807) is 0 Å². The minimum absolute atomic E-state index is 0.0732. The van der Waals surface area contributed by atoms with Gasteiger partial charge in [-0.2, -0.15) is 13.2 Å². The zero-order valence-corrected chi connectivity index (χ0v) is 11.6. The fourth-order valence-electron chi connectivity index (χ4n) is 1.53. The van der Waals surface area contributed by atoms with Crippen molar-refractivity contribution >= 4 is 23.4 Å². The van der Waals surface area contributed by atoms with Gasteiger partial charge in [0.25, 0.3) is 11.5 Å². The van der Waals surface area contributed by atoms with E-state index in [2.05, 4.69) is 10.2 Å². The average Bonchev–Trinajstić information content (AvgIpc) is 2.80. The van der Waals surface area contributed by atoms with Gasteiger partial charge in [0.1, 0.15) is 0 Å². The summed E-state index contributed by atoms with van der Waals surface area (Å²) in [7, 11) is 0. The SMILES string of the molecule is Nn1c(Sc2ccc([N+](=O)[O-])cc2C(=O)O)nnc1C(F)(F)F. The fraction of sp³-hybridized carbons (Fsp3) is 0.100. The first-order chi connectivity index (χ1) is 10.6. The zero-order chi connectivity index (χ0) is 17.4. The molecule has 9 nitrogen and oxygen atoms in total. The van der Waals surface area contributed by atoms with Crippen LogP contribution in [0, 0.1) is 10.1 Å². The van der Waals surface area contributed by atoms with E-state index in [-0.39, 0.29) is 9.57 Å². The van der Waals surface area contributed by atoms with Crippen LogP contribution in [0.5, 0.6) is 0 Å². The fourth-order valence-corrected chi connectivity index (χ4v) is 2.38. The van der Waals surface area contributed by atoms with Crippen molar-refractivity contribution in [3.63, 3.8) is 0 Å². The second-order valence-corrected chi connectivity index (χ2v) is 5.03. The summed E-state index contributed by atoms with van der Waals surface area (Å²) in [5.74, 6) is 2.29. The minimum atomic E-state index is -4.83. The normalized spacial score (nSPS) is 11.4. The number of nitrogens with two attached hydrogens (primary N) is 1. The molecule has 1 aromatic carbocycles. The number of hydrogen-bond donors (Lipinski definition) is 2. The summed E-state index contributed by atoms with van der Waals surface area (Å²) < 4.78 is 37.9. The lowest BCUT2D eigenvalue weighted by molar-refractivity contribution is -0.384. The first-order valence-electron chi connectivity index (χ1n) is 5.58. The average molecular weight is 349 g/mol. The van der Waals surface area contributed by atoms with Gasteiger partial charge in [0, 0.05) is 17.0 Å². The number of carbonyl (C=O) groups is 1. The Balaban J connectivity index is 2.43. The third-order valence-corrected chi connectivity index (χ3v) is 3.56. The van der Waals surface area contributed by atoms with Crippen molar-refractivity contribution in [2.75, 3.05) is 5.84 Å². The highest BCUT2D eigenvalue weighted by atomic mass is 32.2. The monoisotopic (exact) mass is 349 g/mol. The largest absolute Gasteiger partial charge is 0.478 e. The van der Waals surface area contributed by atoms with E-state index >= 15 is 0 Å². The van der Waals surface area contributed by atoms with Gasteiger partial charge in [-0.1, -0.05) is 0 Å². The number of nitro benzene ring substituents is 1. The molecule has 0 bridgehead atoms. The zero-order valence-electron chi connectivity index (χ0n) is 10.8. The van der Waals surface area contributed by atoms with Crippen LogP contribution < -0.4 is 5.84 Å². The Labute approximate surface area is 129 Å². The Hall–Kier alpha value is -2.83. The standard InChI is InChI=1S/C10H6F3N5O4S/c11-10(12,13)8-15-16-9(17(8)14)23-6-2-1-4(18(21)22)3-5(6)7(19)20/h1-3H,14H2,(H,19,20). The van der Waals surface area contributed by atoms with Gasteiger partial charge < -0.3 is 10.9 Å². The van der Waals surface area contributed by atoms with Crippen molar-refractivity contribution in [2.45, 2.75) is 16.2 Å². The van der Waals surface area contributed by atoms with Crippen LogP contribution in [0.4, 0.5) is 18.9 Å². The summed E-state index contributed by atoms with van der Waals surface area (Å²) in [6.07, 6.45) is -4.83. The number of hydrogen-bond acceptors (Lipinski definition) is 7. The summed E-state index contributed by atoms with van der Waals surface area (Å²) in [4.78, 5) is 20.9. The highest BCUT2D eigenvalue weighted by Gasteiger charge is 2.38. The van der Waals surface area contributed by atoms with Crippen molar-refractivity contribution in [1.82, 2.24) is 14.9 Å². The highest BCUT2D eigenvalue weighted by Crippen LogP contribution is 2.34. The summed E-state index contributed by atoms with van der Waals surface area (Å²) in [6.45, 7) is 0. The van der Waals surface area contributed by atoms with E-state index in [1.807, 2.05) is 0 Å². The van der Waals surface area contributed by atoms with Crippen molar-refractivity contribution in [3.05, 3.63) is 39.7 Å². The molecule has 13 heteroatoms. The van der Waals surface area contributed by atoms with Crippen molar-refractivity contribution in [2.24, 2.45) is 0 Å². The summed E-state index contributed by atoms with van der Waals surface area (Å²) in [6, 6.07) is 2.87. The Morgan fingerprint density at radius 1 is 1.39 bits per heavy atom.